The molecule has 43 heavy (non-hydrogen) atoms. The van der Waals surface area contributed by atoms with Gasteiger partial charge < -0.3 is 9.29 Å². The highest BCUT2D eigenvalue weighted by Crippen LogP contribution is 2.67. The first-order valence-electron chi connectivity index (χ1n) is 15.1. The van der Waals surface area contributed by atoms with Crippen molar-refractivity contribution in [3.63, 3.8) is 0 Å². The molecular formula is C36H38O5S2. The van der Waals surface area contributed by atoms with E-state index in [0.29, 0.717) is 6.42 Å². The molecule has 2 aromatic rings. The lowest BCUT2D eigenvalue weighted by Crippen LogP contribution is -2.46. The van der Waals surface area contributed by atoms with Crippen LogP contribution in [0.25, 0.3) is 0 Å². The van der Waals surface area contributed by atoms with E-state index in [1.54, 1.807) is 17.8 Å². The van der Waals surface area contributed by atoms with Crippen LogP contribution in [0.5, 0.6) is 0 Å². The molecule has 6 rings (SSSR count). The van der Waals surface area contributed by atoms with E-state index in [4.69, 9.17) is 4.74 Å². The molecule has 2 saturated carbocycles. The Balaban J connectivity index is 1.42. The number of ketones is 2. The molecule has 0 aromatic heterocycles. The highest BCUT2D eigenvalue weighted by molar-refractivity contribution is 8.13. The first kappa shape index (κ1) is 30.2. The van der Waals surface area contributed by atoms with Crippen LogP contribution in [0.1, 0.15) is 46.5 Å². The molecule has 0 aliphatic heterocycles. The summed E-state index contributed by atoms with van der Waals surface area (Å²) >= 11 is 0.197. The van der Waals surface area contributed by atoms with Crippen molar-refractivity contribution in [1.29, 1.82) is 0 Å². The first-order valence-corrected chi connectivity index (χ1v) is 17.2. The maximum Gasteiger partial charge on any atom is 0.303 e. The summed E-state index contributed by atoms with van der Waals surface area (Å²) in [5, 5.41) is 0. The van der Waals surface area contributed by atoms with E-state index in [9.17, 15) is 18.9 Å². The van der Waals surface area contributed by atoms with E-state index in [1.807, 2.05) is 66.7 Å². The van der Waals surface area contributed by atoms with Gasteiger partial charge in [0.15, 0.2) is 21.0 Å². The predicted octanol–water partition coefficient (Wildman–Crippen LogP) is 7.12. The largest absolute Gasteiger partial charge is 0.611 e. The number of benzene rings is 2. The highest BCUT2D eigenvalue weighted by Gasteiger charge is 2.63. The standard InChI is InChI=1S/C36H38O5S2/c1-23(37)41-22-32(39)33-29(34(42-26-10-6-4-7-11-26)43(40)27-12-8-5-9-13-27)21-31-28-15-14-24-20-25(38)16-18-35(24,2)30(28)17-19-36(31,33)3/h4-13,16-18,20,28-29,31,33-34H,14-15,19,21-22H2,1-3H3/t28-,29?,31+,33-,34?,35+,36+,43?/m1/s1. The number of thioether (sulfide) groups is 1. The molecule has 5 nitrogen and oxygen atoms in total. The van der Waals surface area contributed by atoms with Crippen LogP contribution in [-0.4, -0.2) is 33.3 Å². The number of Topliss-reactive ketones (excluding diaryl/α,β-unsaturated/α-hetero) is 1. The molecule has 0 amide bonds. The van der Waals surface area contributed by atoms with Crippen LogP contribution in [0, 0.1) is 34.5 Å². The van der Waals surface area contributed by atoms with Gasteiger partial charge in [-0.15, -0.1) is 0 Å². The van der Waals surface area contributed by atoms with E-state index in [0.717, 1.165) is 29.1 Å². The second-order valence-electron chi connectivity index (χ2n) is 12.8. The van der Waals surface area contributed by atoms with Crippen LogP contribution in [-0.2, 0) is 30.3 Å². The second-order valence-corrected chi connectivity index (χ2v) is 15.8. The summed E-state index contributed by atoms with van der Waals surface area (Å²) in [6, 6.07) is 19.5. The average Bonchev–Trinajstić information content (AvgIpc) is 3.32. The lowest BCUT2D eigenvalue weighted by Gasteiger charge is -2.52. The summed E-state index contributed by atoms with van der Waals surface area (Å²) in [5.41, 5.74) is 1.85. The minimum absolute atomic E-state index is 0.0494. The van der Waals surface area contributed by atoms with Crippen molar-refractivity contribution in [2.24, 2.45) is 34.5 Å². The Bertz CT molecular complexity index is 1500. The lowest BCUT2D eigenvalue weighted by atomic mass is 9.52. The molecule has 0 radical (unpaired) electrons. The van der Waals surface area contributed by atoms with Gasteiger partial charge in [0.05, 0.1) is 0 Å². The van der Waals surface area contributed by atoms with Crippen molar-refractivity contribution in [3.05, 3.63) is 96.1 Å². The molecule has 4 aliphatic carbocycles. The fraction of sp³-hybridized carbons (Fsp3) is 0.417. The number of carbonyl (C=O) groups is 3. The van der Waals surface area contributed by atoms with Crippen LogP contribution >= 0.6 is 11.8 Å². The number of fused-ring (bicyclic) bond motifs is 5. The highest BCUT2D eigenvalue weighted by atomic mass is 32.3. The second kappa shape index (κ2) is 11.9. The van der Waals surface area contributed by atoms with Crippen LogP contribution < -0.4 is 0 Å². The smallest absolute Gasteiger partial charge is 0.303 e. The topological polar surface area (TPSA) is 83.5 Å². The minimum Gasteiger partial charge on any atom is -0.611 e. The Kier molecular flexibility index (Phi) is 8.35. The van der Waals surface area contributed by atoms with E-state index < -0.39 is 23.1 Å². The van der Waals surface area contributed by atoms with Crippen LogP contribution in [0.2, 0.25) is 0 Å². The Morgan fingerprint density at radius 2 is 1.79 bits per heavy atom. The van der Waals surface area contributed by atoms with Gasteiger partial charge >= 0.3 is 5.97 Å². The van der Waals surface area contributed by atoms with Gasteiger partial charge in [0.1, 0.15) is 6.61 Å². The van der Waals surface area contributed by atoms with Crippen molar-refractivity contribution in [2.45, 2.75) is 60.8 Å². The molecule has 2 aromatic carbocycles. The number of ether oxygens (including phenoxy) is 1. The van der Waals surface area contributed by atoms with Gasteiger partial charge in [-0.05, 0) is 97.5 Å². The normalized spacial score (nSPS) is 32.4. The quantitative estimate of drug-likeness (QED) is 0.136. The van der Waals surface area contributed by atoms with Gasteiger partial charge in [0.25, 0.3) is 0 Å². The Morgan fingerprint density at radius 3 is 2.49 bits per heavy atom. The van der Waals surface area contributed by atoms with Crippen molar-refractivity contribution >= 4 is 40.5 Å². The number of esters is 1. The van der Waals surface area contributed by atoms with Gasteiger partial charge in [-0.25, -0.2) is 0 Å². The summed E-state index contributed by atoms with van der Waals surface area (Å²) in [6.07, 6.45) is 11.1. The minimum atomic E-state index is -1.39. The zero-order valence-electron chi connectivity index (χ0n) is 24.9. The van der Waals surface area contributed by atoms with Crippen LogP contribution in [0.4, 0.5) is 0 Å². The van der Waals surface area contributed by atoms with Crippen LogP contribution in [0.15, 0.2) is 106 Å². The molecular weight excluding hydrogens is 577 g/mol. The Hall–Kier alpha value is -2.87. The third-order valence-corrected chi connectivity index (χ3v) is 13.8. The number of hydrogen-bond acceptors (Lipinski definition) is 6. The third-order valence-electron chi connectivity index (χ3n) is 10.3. The molecule has 0 bridgehead atoms. The van der Waals surface area contributed by atoms with Crippen molar-refractivity contribution in [3.8, 4) is 0 Å². The van der Waals surface area contributed by atoms with Gasteiger partial charge in [0.2, 0.25) is 0 Å². The van der Waals surface area contributed by atoms with E-state index in [2.05, 4.69) is 26.0 Å². The molecule has 7 heteroatoms. The van der Waals surface area contributed by atoms with Gasteiger partial charge in [0, 0.05) is 29.1 Å². The molecule has 8 atom stereocenters. The number of allylic oxidation sites excluding steroid dienone is 6. The summed E-state index contributed by atoms with van der Waals surface area (Å²) < 4.78 is 19.4. The average molecular weight is 615 g/mol. The van der Waals surface area contributed by atoms with Gasteiger partial charge in [-0.2, -0.15) is 0 Å². The zero-order valence-corrected chi connectivity index (χ0v) is 26.5. The van der Waals surface area contributed by atoms with Crippen molar-refractivity contribution in [1.82, 2.24) is 0 Å². The maximum atomic E-state index is 14.5. The number of hydrogen-bond donors (Lipinski definition) is 0. The van der Waals surface area contributed by atoms with E-state index >= 15 is 0 Å². The summed E-state index contributed by atoms with van der Waals surface area (Å²) in [4.78, 5) is 39.9. The summed E-state index contributed by atoms with van der Waals surface area (Å²) in [6.45, 7) is 5.51. The van der Waals surface area contributed by atoms with Crippen molar-refractivity contribution in [2.75, 3.05) is 6.61 Å². The first-order chi connectivity index (χ1) is 20.6. The molecule has 224 valence electrons. The fourth-order valence-corrected chi connectivity index (χ4v) is 11.7. The number of rotatable bonds is 8. The molecule has 2 fully saturated rings. The van der Waals surface area contributed by atoms with Crippen LogP contribution in [0.3, 0.4) is 0 Å². The summed E-state index contributed by atoms with van der Waals surface area (Å²) in [7, 11) is 0. The monoisotopic (exact) mass is 614 g/mol. The van der Waals surface area contributed by atoms with E-state index in [1.165, 1.54) is 18.1 Å². The molecule has 3 unspecified atom stereocenters. The zero-order chi connectivity index (χ0) is 30.4. The summed E-state index contributed by atoms with van der Waals surface area (Å²) in [5.74, 6) is -0.677. The molecule has 4 aliphatic rings. The SMILES string of the molecule is CC(=O)OCC(=O)[C@H]1C(C(Sc2ccccc2)[S+]([O-])c2ccccc2)C[C@H]2[C@@H]3CCC4=CC(=O)C=C[C@]4(C)C3=CC[C@]12C. The molecule has 0 saturated heterocycles. The Morgan fingerprint density at radius 1 is 1.09 bits per heavy atom. The van der Waals surface area contributed by atoms with Gasteiger partial charge in [-0.1, -0.05) is 78.4 Å². The molecule has 0 heterocycles. The number of carbonyl (C=O) groups excluding carboxylic acids is 3. The fourth-order valence-electron chi connectivity index (χ4n) is 8.37. The predicted molar refractivity (Wildman–Crippen MR) is 170 cm³/mol. The third kappa shape index (κ3) is 5.49. The molecule has 0 spiro atoms. The van der Waals surface area contributed by atoms with Gasteiger partial charge in [-0.3, -0.25) is 14.4 Å². The maximum absolute atomic E-state index is 14.5. The van der Waals surface area contributed by atoms with E-state index in [-0.39, 0.29) is 51.3 Å². The molecule has 0 N–H and O–H groups in total. The van der Waals surface area contributed by atoms with Crippen molar-refractivity contribution < 1.29 is 23.7 Å². The lowest BCUT2D eigenvalue weighted by molar-refractivity contribution is -0.148. The Labute approximate surface area is 261 Å².